The van der Waals surface area contributed by atoms with Crippen LogP contribution in [0, 0.1) is 0 Å². The van der Waals surface area contributed by atoms with Crippen LogP contribution in [0.1, 0.15) is 12.8 Å². The van der Waals surface area contributed by atoms with Crippen LogP contribution in [0.2, 0.25) is 5.02 Å². The van der Waals surface area contributed by atoms with Crippen molar-refractivity contribution in [2.45, 2.75) is 34.8 Å². The summed E-state index contributed by atoms with van der Waals surface area (Å²) in [5.41, 5.74) is 1.93. The van der Waals surface area contributed by atoms with Crippen molar-refractivity contribution in [3.63, 3.8) is 0 Å². The number of thiazole rings is 3. The molecule has 5 heterocycles. The monoisotopic (exact) mass is 922 g/mol. The van der Waals surface area contributed by atoms with Crippen molar-refractivity contribution in [3.8, 4) is 0 Å². The molecule has 2 saturated heterocycles. The minimum absolute atomic E-state index is 0.0204. The molecule has 3 aromatic heterocycles. The number of benzene rings is 3. The molecule has 2 amide bonds. The third-order valence-corrected chi connectivity index (χ3v) is 14.6. The fourth-order valence-electron chi connectivity index (χ4n) is 5.90. The number of sulfonamides is 2. The number of amides is 2. The van der Waals surface area contributed by atoms with E-state index in [-0.39, 0.29) is 33.8 Å². The predicted octanol–water partition coefficient (Wildman–Crippen LogP) is 5.45. The Labute approximate surface area is 349 Å². The van der Waals surface area contributed by atoms with E-state index in [0.29, 0.717) is 39.6 Å². The smallest absolute Gasteiger partial charge is 0.265 e. The number of rotatable bonds is 12. The molecule has 0 spiro atoms. The first kappa shape index (κ1) is 41.4. The Kier molecular flexibility index (Phi) is 12.0. The zero-order valence-electron chi connectivity index (χ0n) is 29.9. The molecule has 304 valence electrons. The molecule has 17 nitrogen and oxygen atoms in total. The van der Waals surface area contributed by atoms with Crippen LogP contribution in [0.3, 0.4) is 0 Å². The molecule has 0 saturated carbocycles. The average molecular weight is 924 g/mol. The Balaban J connectivity index is 0.000000181. The first-order valence-corrected chi connectivity index (χ1v) is 24.7. The molecule has 24 heteroatoms. The average Bonchev–Trinajstić information content (AvgIpc) is 4.03. The summed E-state index contributed by atoms with van der Waals surface area (Å²) in [6.07, 6.45) is 3.69. The van der Waals surface area contributed by atoms with Crippen molar-refractivity contribution in [2.24, 2.45) is 0 Å². The van der Waals surface area contributed by atoms with Gasteiger partial charge in [-0.15, -0.1) is 22.7 Å². The molecule has 3 aromatic carbocycles. The van der Waals surface area contributed by atoms with Crippen molar-refractivity contribution in [2.75, 3.05) is 43.9 Å². The Bertz CT molecular complexity index is 2770. The molecule has 0 aliphatic carbocycles. The number of halogens is 1. The van der Waals surface area contributed by atoms with Gasteiger partial charge in [-0.3, -0.25) is 23.2 Å². The topological polar surface area (TPSA) is 227 Å². The highest BCUT2D eigenvalue weighted by atomic mass is 35.5. The molecule has 2 aliphatic heterocycles. The molecule has 58 heavy (non-hydrogen) atoms. The Hall–Kier alpha value is -4.75. The van der Waals surface area contributed by atoms with Gasteiger partial charge in [-0.05, 0) is 73.2 Å². The van der Waals surface area contributed by atoms with E-state index in [0.717, 1.165) is 27.8 Å². The molecule has 8 rings (SSSR count). The number of hydrogen-bond donors (Lipinski definition) is 3. The van der Waals surface area contributed by atoms with Gasteiger partial charge in [-0.25, -0.2) is 31.8 Å². The largest absolute Gasteiger partial charge is 0.350 e. The Morgan fingerprint density at radius 2 is 1.26 bits per heavy atom. The molecule has 6 aromatic rings. The van der Waals surface area contributed by atoms with Crippen molar-refractivity contribution < 1.29 is 39.0 Å². The van der Waals surface area contributed by atoms with Gasteiger partial charge in [0.25, 0.3) is 36.1 Å². The van der Waals surface area contributed by atoms with Crippen molar-refractivity contribution >= 4 is 125 Å². The van der Waals surface area contributed by atoms with Gasteiger partial charge in [0.2, 0.25) is 5.91 Å². The molecule has 0 unspecified atom stereocenters. The molecular formula is C34H31ClN8O9S6. The highest BCUT2D eigenvalue weighted by Gasteiger charge is 2.36. The van der Waals surface area contributed by atoms with Crippen LogP contribution in [0.15, 0.2) is 99.7 Å². The normalized spacial score (nSPS) is 17.3. The van der Waals surface area contributed by atoms with Crippen LogP contribution < -0.4 is 24.6 Å². The van der Waals surface area contributed by atoms with Crippen molar-refractivity contribution in [3.05, 3.63) is 94.9 Å². The second kappa shape index (κ2) is 16.8. The molecular weight excluding hydrogens is 892 g/mol. The quantitative estimate of drug-likeness (QED) is 0.130. The van der Waals surface area contributed by atoms with Crippen LogP contribution in [-0.4, -0.2) is 83.5 Å². The van der Waals surface area contributed by atoms with Crippen LogP contribution in [-0.2, 0) is 43.9 Å². The summed E-state index contributed by atoms with van der Waals surface area (Å²) < 4.78 is 82.5. The lowest BCUT2D eigenvalue weighted by Crippen LogP contribution is -2.33. The summed E-state index contributed by atoms with van der Waals surface area (Å²) in [4.78, 5) is 40.7. The van der Waals surface area contributed by atoms with Gasteiger partial charge in [0.05, 0.1) is 26.3 Å². The number of nitrogens with one attached hydrogen (secondary N) is 3. The van der Waals surface area contributed by atoms with Gasteiger partial charge in [-0.1, -0.05) is 22.9 Å². The number of nitrogens with zero attached hydrogens (tertiary/aromatic N) is 5. The molecule has 2 atom stereocenters. The lowest BCUT2D eigenvalue weighted by molar-refractivity contribution is -0.122. The summed E-state index contributed by atoms with van der Waals surface area (Å²) in [5, 5.41) is 8.42. The van der Waals surface area contributed by atoms with Gasteiger partial charge < -0.3 is 15.1 Å². The minimum atomic E-state index is -3.78. The lowest BCUT2D eigenvalue weighted by Gasteiger charge is -2.17. The molecule has 0 bridgehead atoms. The number of carbonyl (C=O) groups excluding carboxylic acids is 2. The maximum atomic E-state index is 13.0. The van der Waals surface area contributed by atoms with Gasteiger partial charge in [0.1, 0.15) is 6.04 Å². The molecule has 3 N–H and O–H groups in total. The number of hydrogen-bond acceptors (Lipinski definition) is 16. The zero-order chi connectivity index (χ0) is 41.2. The van der Waals surface area contributed by atoms with Gasteiger partial charge in [-0.2, -0.15) is 8.42 Å². The molecule has 2 fully saturated rings. The standard InChI is InChI=1S/C20H16ClN5O3S3.C14H15N3O6S3/c21-12-1-6-15-17(11-12)31-20(23-15)24-16-7-9-26(18(16)27)13-2-4-14(5-3-13)32(28,29)25-19-22-8-10-30-19;1-25(19,20)23-12-6-8-17(13(12)18)10-2-4-11(5-3-10)26(21,22)16-14-15-7-9-24-14/h1-6,8,10-11,16H,7,9H2,(H,22,25)(H,23,24);2-5,7,9,12H,6,8H2,1H3,(H,15,16)/t16-;12-/m01/s1. The number of carbonyl (C=O) groups is 2. The second-order valence-corrected chi connectivity index (χ2v) is 20.8. The Morgan fingerprint density at radius 1 is 0.724 bits per heavy atom. The summed E-state index contributed by atoms with van der Waals surface area (Å²) >= 11 is 9.84. The van der Waals surface area contributed by atoms with Crippen molar-refractivity contribution in [1.29, 1.82) is 0 Å². The SMILES string of the molecule is CS(=O)(=O)O[C@@H]1CCN(c2ccc(S(=O)(=O)Nc3nccs3)cc2)C1=O.O=C1[C@@H](Nc2nc3ccc(Cl)cc3s2)CCN1c1ccc(S(=O)(=O)Nc2nccs2)cc1. The van der Waals surface area contributed by atoms with E-state index >= 15 is 0 Å². The van der Waals surface area contributed by atoms with Crippen LogP contribution in [0.25, 0.3) is 10.2 Å². The van der Waals surface area contributed by atoms with Crippen LogP contribution in [0.4, 0.5) is 26.8 Å². The van der Waals surface area contributed by atoms with E-state index in [9.17, 15) is 34.8 Å². The van der Waals surface area contributed by atoms with Crippen LogP contribution >= 0.6 is 45.6 Å². The fourth-order valence-corrected chi connectivity index (χ4v) is 11.3. The maximum absolute atomic E-state index is 13.0. The zero-order valence-corrected chi connectivity index (χ0v) is 35.5. The number of aromatic nitrogens is 3. The molecule has 0 radical (unpaired) electrons. The Morgan fingerprint density at radius 3 is 1.78 bits per heavy atom. The molecule has 2 aliphatic rings. The minimum Gasteiger partial charge on any atom is -0.350 e. The maximum Gasteiger partial charge on any atom is 0.265 e. The highest BCUT2D eigenvalue weighted by Crippen LogP contribution is 2.32. The van der Waals surface area contributed by atoms with E-state index in [1.54, 1.807) is 33.9 Å². The lowest BCUT2D eigenvalue weighted by atomic mass is 10.2. The van der Waals surface area contributed by atoms with Gasteiger partial charge in [0.15, 0.2) is 21.5 Å². The first-order valence-electron chi connectivity index (χ1n) is 16.9. The highest BCUT2D eigenvalue weighted by molar-refractivity contribution is 7.93. The third kappa shape index (κ3) is 9.74. The van der Waals surface area contributed by atoms with Gasteiger partial charge in [0, 0.05) is 59.1 Å². The van der Waals surface area contributed by atoms with E-state index in [1.165, 1.54) is 76.4 Å². The summed E-state index contributed by atoms with van der Waals surface area (Å²) in [5.74, 6) is -0.564. The van der Waals surface area contributed by atoms with Crippen LogP contribution in [0.5, 0.6) is 0 Å². The third-order valence-electron chi connectivity index (χ3n) is 8.53. The fraction of sp³-hybridized carbons (Fsp3) is 0.206. The predicted molar refractivity (Wildman–Crippen MR) is 224 cm³/mol. The van der Waals surface area contributed by atoms with Gasteiger partial charge >= 0.3 is 0 Å². The number of anilines is 5. The summed E-state index contributed by atoms with van der Waals surface area (Å²) in [7, 11) is -11.3. The van der Waals surface area contributed by atoms with E-state index in [4.69, 9.17) is 15.8 Å². The number of fused-ring (bicyclic) bond motifs is 1. The van der Waals surface area contributed by atoms with Crippen molar-refractivity contribution in [1.82, 2.24) is 15.0 Å². The van der Waals surface area contributed by atoms with E-state index in [1.807, 2.05) is 12.1 Å². The van der Waals surface area contributed by atoms with E-state index in [2.05, 4.69) is 29.7 Å². The first-order chi connectivity index (χ1) is 27.5. The second-order valence-electron chi connectivity index (χ2n) is 12.5. The summed E-state index contributed by atoms with van der Waals surface area (Å²) in [6.45, 7) is 0.805. The summed E-state index contributed by atoms with van der Waals surface area (Å²) in [6, 6.07) is 17.0. The van der Waals surface area contributed by atoms with E-state index < -0.39 is 48.2 Å².